The first kappa shape index (κ1) is 18.4. The highest BCUT2D eigenvalue weighted by Crippen LogP contribution is 2.22. The SMILES string of the molecule is CC1CN(Cc2csc(NC(=O)c3cc4cc(Cl)ccc4[nH]3)n2)CC(C)O1. The number of rotatable bonds is 4. The van der Waals surface area contributed by atoms with Crippen LogP contribution in [0.3, 0.4) is 0 Å². The Morgan fingerprint density at radius 2 is 2.15 bits per heavy atom. The number of fused-ring (bicyclic) bond motifs is 1. The molecule has 8 heteroatoms. The molecular weight excluding hydrogens is 384 g/mol. The fourth-order valence-electron chi connectivity index (χ4n) is 3.47. The van der Waals surface area contributed by atoms with Gasteiger partial charge in [0, 0.05) is 40.9 Å². The Labute approximate surface area is 166 Å². The van der Waals surface area contributed by atoms with Crippen molar-refractivity contribution in [3.8, 4) is 0 Å². The Bertz CT molecular complexity index is 960. The first-order chi connectivity index (χ1) is 13.0. The van der Waals surface area contributed by atoms with Crippen LogP contribution in [0.25, 0.3) is 10.9 Å². The van der Waals surface area contributed by atoms with Crippen molar-refractivity contribution in [2.45, 2.75) is 32.6 Å². The van der Waals surface area contributed by atoms with Gasteiger partial charge in [0.2, 0.25) is 0 Å². The lowest BCUT2D eigenvalue weighted by molar-refractivity contribution is -0.0707. The van der Waals surface area contributed by atoms with Crippen molar-refractivity contribution < 1.29 is 9.53 Å². The summed E-state index contributed by atoms with van der Waals surface area (Å²) < 4.78 is 5.76. The van der Waals surface area contributed by atoms with Crippen molar-refractivity contribution in [3.63, 3.8) is 0 Å². The van der Waals surface area contributed by atoms with Gasteiger partial charge in [0.05, 0.1) is 17.9 Å². The summed E-state index contributed by atoms with van der Waals surface area (Å²) in [7, 11) is 0. The number of ether oxygens (including phenoxy) is 1. The van der Waals surface area contributed by atoms with Crippen LogP contribution in [0.4, 0.5) is 5.13 Å². The van der Waals surface area contributed by atoms with Gasteiger partial charge >= 0.3 is 0 Å². The molecule has 1 amide bonds. The molecule has 3 aromatic rings. The summed E-state index contributed by atoms with van der Waals surface area (Å²) in [5, 5.41) is 7.01. The van der Waals surface area contributed by atoms with E-state index in [0.29, 0.717) is 15.8 Å². The number of carbonyl (C=O) groups excluding carboxylic acids is 1. The van der Waals surface area contributed by atoms with Crippen molar-refractivity contribution in [1.29, 1.82) is 0 Å². The number of amides is 1. The average molecular weight is 405 g/mol. The quantitative estimate of drug-likeness (QED) is 0.685. The van der Waals surface area contributed by atoms with Gasteiger partial charge in [0.15, 0.2) is 5.13 Å². The first-order valence-corrected chi connectivity index (χ1v) is 10.1. The predicted octanol–water partition coefficient (Wildman–Crippen LogP) is 4.14. The minimum Gasteiger partial charge on any atom is -0.373 e. The second-order valence-corrected chi connectivity index (χ2v) is 8.26. The smallest absolute Gasteiger partial charge is 0.273 e. The van der Waals surface area contributed by atoms with Crippen LogP contribution in [0.5, 0.6) is 0 Å². The van der Waals surface area contributed by atoms with Crippen LogP contribution < -0.4 is 5.32 Å². The van der Waals surface area contributed by atoms with Gasteiger partial charge in [-0.2, -0.15) is 0 Å². The van der Waals surface area contributed by atoms with Crippen molar-refractivity contribution in [2.24, 2.45) is 0 Å². The molecule has 0 aliphatic carbocycles. The molecule has 1 aliphatic rings. The molecular formula is C19H21ClN4O2S. The van der Waals surface area contributed by atoms with Crippen LogP contribution in [0.15, 0.2) is 29.6 Å². The Hall–Kier alpha value is -1.93. The zero-order valence-electron chi connectivity index (χ0n) is 15.2. The molecule has 2 N–H and O–H groups in total. The van der Waals surface area contributed by atoms with E-state index in [0.717, 1.165) is 36.2 Å². The number of nitrogens with zero attached hydrogens (tertiary/aromatic N) is 2. The highest BCUT2D eigenvalue weighted by molar-refractivity contribution is 7.13. The molecule has 1 saturated heterocycles. The fourth-order valence-corrected chi connectivity index (χ4v) is 4.35. The van der Waals surface area contributed by atoms with Crippen LogP contribution >= 0.6 is 22.9 Å². The number of hydrogen-bond donors (Lipinski definition) is 2. The fraction of sp³-hybridized carbons (Fsp3) is 0.368. The normalized spacial score (nSPS) is 20.9. The van der Waals surface area contributed by atoms with Crippen LogP contribution in [0.2, 0.25) is 5.02 Å². The van der Waals surface area contributed by atoms with E-state index in [1.165, 1.54) is 11.3 Å². The Balaban J connectivity index is 1.41. The molecule has 1 aliphatic heterocycles. The third-order valence-electron chi connectivity index (χ3n) is 4.48. The second-order valence-electron chi connectivity index (χ2n) is 6.96. The average Bonchev–Trinajstić information content (AvgIpc) is 3.20. The molecule has 2 atom stereocenters. The van der Waals surface area contributed by atoms with E-state index in [4.69, 9.17) is 16.3 Å². The van der Waals surface area contributed by atoms with Gasteiger partial charge < -0.3 is 9.72 Å². The second kappa shape index (κ2) is 7.59. The molecule has 0 spiro atoms. The first-order valence-electron chi connectivity index (χ1n) is 8.88. The molecule has 0 saturated carbocycles. The third-order valence-corrected chi connectivity index (χ3v) is 5.52. The summed E-state index contributed by atoms with van der Waals surface area (Å²) in [4.78, 5) is 22.5. The maximum absolute atomic E-state index is 12.5. The van der Waals surface area contributed by atoms with Gasteiger partial charge in [-0.3, -0.25) is 15.0 Å². The summed E-state index contributed by atoms with van der Waals surface area (Å²) in [6.45, 7) is 6.71. The largest absolute Gasteiger partial charge is 0.373 e. The number of H-pyrrole nitrogens is 1. The van der Waals surface area contributed by atoms with Gasteiger partial charge in [-0.15, -0.1) is 11.3 Å². The molecule has 142 valence electrons. The van der Waals surface area contributed by atoms with Crippen molar-refractivity contribution in [2.75, 3.05) is 18.4 Å². The Morgan fingerprint density at radius 3 is 2.93 bits per heavy atom. The van der Waals surface area contributed by atoms with Crippen LogP contribution in [-0.4, -0.2) is 46.1 Å². The zero-order chi connectivity index (χ0) is 19.0. The Morgan fingerprint density at radius 1 is 1.37 bits per heavy atom. The van der Waals surface area contributed by atoms with Crippen LogP contribution in [0, 0.1) is 0 Å². The van der Waals surface area contributed by atoms with E-state index in [2.05, 4.69) is 34.0 Å². The number of nitrogens with one attached hydrogen (secondary N) is 2. The monoisotopic (exact) mass is 404 g/mol. The molecule has 0 bridgehead atoms. The number of hydrogen-bond acceptors (Lipinski definition) is 5. The lowest BCUT2D eigenvalue weighted by atomic mass is 10.2. The van der Waals surface area contributed by atoms with E-state index >= 15 is 0 Å². The van der Waals surface area contributed by atoms with E-state index in [1.807, 2.05) is 17.5 Å². The van der Waals surface area contributed by atoms with Crippen LogP contribution in [-0.2, 0) is 11.3 Å². The van der Waals surface area contributed by atoms with Gasteiger partial charge in [0.25, 0.3) is 5.91 Å². The highest BCUT2D eigenvalue weighted by Gasteiger charge is 2.23. The molecule has 4 rings (SSSR count). The summed E-state index contributed by atoms with van der Waals surface area (Å²) in [6.07, 6.45) is 0.448. The van der Waals surface area contributed by atoms with Crippen molar-refractivity contribution in [1.82, 2.24) is 14.9 Å². The van der Waals surface area contributed by atoms with Gasteiger partial charge in [-0.05, 0) is 38.1 Å². The number of thiazole rings is 1. The zero-order valence-corrected chi connectivity index (χ0v) is 16.7. The number of carbonyl (C=O) groups is 1. The number of morpholine rings is 1. The standard InChI is InChI=1S/C19H21ClN4O2S/c1-11-7-24(8-12(2)26-11)9-15-10-27-19(21-15)23-18(25)17-6-13-5-14(20)3-4-16(13)22-17/h3-6,10-12,22H,7-9H2,1-2H3,(H,21,23,25). The minimum absolute atomic E-state index is 0.211. The molecule has 27 heavy (non-hydrogen) atoms. The van der Waals surface area contributed by atoms with Gasteiger partial charge in [-0.25, -0.2) is 4.98 Å². The molecule has 6 nitrogen and oxygen atoms in total. The molecule has 2 unspecified atom stereocenters. The minimum atomic E-state index is -0.211. The van der Waals surface area contributed by atoms with Gasteiger partial charge in [0.1, 0.15) is 5.69 Å². The third kappa shape index (κ3) is 4.32. The molecule has 2 aromatic heterocycles. The molecule has 3 heterocycles. The maximum Gasteiger partial charge on any atom is 0.273 e. The summed E-state index contributed by atoms with van der Waals surface area (Å²) in [5.74, 6) is -0.211. The Kier molecular flexibility index (Phi) is 5.19. The van der Waals surface area contributed by atoms with E-state index in [9.17, 15) is 4.79 Å². The lowest BCUT2D eigenvalue weighted by Crippen LogP contribution is -2.44. The number of halogens is 1. The number of aromatic nitrogens is 2. The van der Waals surface area contributed by atoms with Crippen molar-refractivity contribution >= 4 is 44.9 Å². The van der Waals surface area contributed by atoms with E-state index < -0.39 is 0 Å². The van der Waals surface area contributed by atoms with Gasteiger partial charge in [-0.1, -0.05) is 11.6 Å². The topological polar surface area (TPSA) is 70.2 Å². The maximum atomic E-state index is 12.5. The highest BCUT2D eigenvalue weighted by atomic mass is 35.5. The summed E-state index contributed by atoms with van der Waals surface area (Å²) in [6, 6.07) is 7.28. The van der Waals surface area contributed by atoms with E-state index in [-0.39, 0.29) is 18.1 Å². The molecule has 1 fully saturated rings. The lowest BCUT2D eigenvalue weighted by Gasteiger charge is -2.34. The molecule has 1 aromatic carbocycles. The predicted molar refractivity (Wildman–Crippen MR) is 109 cm³/mol. The van der Waals surface area contributed by atoms with Crippen LogP contribution in [0.1, 0.15) is 30.0 Å². The molecule has 0 radical (unpaired) electrons. The van der Waals surface area contributed by atoms with E-state index in [1.54, 1.807) is 12.1 Å². The number of aromatic amines is 1. The number of anilines is 1. The number of benzene rings is 1. The summed E-state index contributed by atoms with van der Waals surface area (Å²) in [5.41, 5.74) is 2.32. The summed E-state index contributed by atoms with van der Waals surface area (Å²) >= 11 is 7.44. The van der Waals surface area contributed by atoms with Crippen molar-refractivity contribution in [3.05, 3.63) is 46.1 Å².